The van der Waals surface area contributed by atoms with Crippen LogP contribution in [0.25, 0.3) is 5.57 Å². The van der Waals surface area contributed by atoms with E-state index >= 15 is 0 Å². The molecule has 32 heavy (non-hydrogen) atoms. The van der Waals surface area contributed by atoms with E-state index in [0.717, 1.165) is 0 Å². The van der Waals surface area contributed by atoms with E-state index in [0.29, 0.717) is 9.54 Å². The first-order valence-electron chi connectivity index (χ1n) is 12.0. The normalized spacial score (nSPS) is 20.1. The molecule has 0 saturated carbocycles. The van der Waals surface area contributed by atoms with Gasteiger partial charge in [0.25, 0.3) is 0 Å². The molecule has 2 heteroatoms. The number of rotatable bonds is 3. The van der Waals surface area contributed by atoms with Crippen molar-refractivity contribution in [3.8, 4) is 0 Å². The summed E-state index contributed by atoms with van der Waals surface area (Å²) in [5.41, 5.74) is 16.3. The van der Waals surface area contributed by atoms with Crippen molar-refractivity contribution in [3.63, 3.8) is 0 Å². The molecule has 0 fully saturated rings. The number of hydrogen-bond acceptors (Lipinski definition) is 0. The molecular formula is C30H38SiZr. The van der Waals surface area contributed by atoms with Crippen LogP contribution in [0.4, 0.5) is 0 Å². The molecule has 0 radical (unpaired) electrons. The second-order valence-electron chi connectivity index (χ2n) is 10.3. The van der Waals surface area contributed by atoms with E-state index in [1.807, 2.05) is 3.28 Å². The summed E-state index contributed by atoms with van der Waals surface area (Å²) in [5, 5.41) is 0. The van der Waals surface area contributed by atoms with E-state index in [9.17, 15) is 0 Å². The van der Waals surface area contributed by atoms with Gasteiger partial charge in [0, 0.05) is 0 Å². The summed E-state index contributed by atoms with van der Waals surface area (Å²) in [5.74, 6) is 0.651. The Bertz CT molecular complexity index is 1240. The molecule has 0 aromatic heterocycles. The zero-order valence-corrected chi connectivity index (χ0v) is 25.1. The monoisotopic (exact) mass is 516 g/mol. The zero-order chi connectivity index (χ0) is 23.5. The standard InChI is InChI=1S/C19H19.C9H13.C2H6Si.Zr/c1-12-11-13(2)15(4)19(14(12)3)18-10-9-16-7-5-6-8-17(16)18;1-6-5-7(2)9(4)8(6)3;1-3-2;/h5-11H,1-4H3;6H,1-4H3;1-2H3;. The van der Waals surface area contributed by atoms with Gasteiger partial charge in [0.15, 0.2) is 0 Å². The molecule has 2 aromatic carbocycles. The van der Waals surface area contributed by atoms with Crippen LogP contribution < -0.4 is 0 Å². The second kappa shape index (κ2) is 8.84. The van der Waals surface area contributed by atoms with Gasteiger partial charge in [-0.05, 0) is 0 Å². The first-order chi connectivity index (χ1) is 15.1. The third kappa shape index (κ3) is 3.67. The van der Waals surface area contributed by atoms with Crippen LogP contribution in [-0.2, 0) is 20.4 Å². The molecule has 0 aliphatic heterocycles. The molecule has 0 heterocycles. The third-order valence-corrected chi connectivity index (χ3v) is 26.9. The molecular weight excluding hydrogens is 480 g/mol. The summed E-state index contributed by atoms with van der Waals surface area (Å²) in [4.78, 5) is 0. The van der Waals surface area contributed by atoms with E-state index < -0.39 is 20.4 Å². The van der Waals surface area contributed by atoms with Crippen molar-refractivity contribution in [2.45, 2.75) is 72.1 Å². The molecule has 166 valence electrons. The van der Waals surface area contributed by atoms with Crippen molar-refractivity contribution in [2.24, 2.45) is 5.92 Å². The minimum absolute atomic E-state index is 0.365. The summed E-state index contributed by atoms with van der Waals surface area (Å²) < 4.78 is 2.57. The molecule has 2 unspecified atom stereocenters. The molecule has 2 aliphatic rings. The van der Waals surface area contributed by atoms with Crippen molar-refractivity contribution >= 4 is 11.0 Å². The van der Waals surface area contributed by atoms with Gasteiger partial charge >= 0.3 is 205 Å². The van der Waals surface area contributed by atoms with Gasteiger partial charge in [-0.15, -0.1) is 0 Å². The Balaban J connectivity index is 1.98. The summed E-state index contributed by atoms with van der Waals surface area (Å²) >= 11 is -1.95. The van der Waals surface area contributed by atoms with Crippen LogP contribution in [0.15, 0.2) is 56.4 Å². The molecule has 2 aromatic rings. The molecule has 0 spiro atoms. The average Bonchev–Trinajstić information content (AvgIpc) is 3.20. The van der Waals surface area contributed by atoms with E-state index in [1.54, 1.807) is 22.3 Å². The van der Waals surface area contributed by atoms with E-state index in [-0.39, 0.29) is 5.43 Å². The number of hydrogen-bond donors (Lipinski definition) is 0. The predicted octanol–water partition coefficient (Wildman–Crippen LogP) is 8.54. The van der Waals surface area contributed by atoms with E-state index in [2.05, 4.69) is 105 Å². The van der Waals surface area contributed by atoms with Gasteiger partial charge in [-0.3, -0.25) is 0 Å². The number of aryl methyl sites for hydroxylation is 2. The van der Waals surface area contributed by atoms with Crippen molar-refractivity contribution in [1.82, 2.24) is 0 Å². The van der Waals surface area contributed by atoms with Gasteiger partial charge in [0.2, 0.25) is 0 Å². The van der Waals surface area contributed by atoms with Gasteiger partial charge in [-0.25, -0.2) is 0 Å². The molecule has 4 rings (SSSR count). The predicted molar refractivity (Wildman–Crippen MR) is 139 cm³/mol. The third-order valence-electron chi connectivity index (χ3n) is 8.34. The molecule has 2 aliphatic carbocycles. The Morgan fingerprint density at radius 2 is 1.41 bits per heavy atom. The van der Waals surface area contributed by atoms with E-state index in [4.69, 9.17) is 0 Å². The Hall–Kier alpha value is -1.24. The number of allylic oxidation sites excluding steroid dienone is 5. The quantitative estimate of drug-likeness (QED) is 0.358. The van der Waals surface area contributed by atoms with Crippen LogP contribution in [0, 0.1) is 33.6 Å². The van der Waals surface area contributed by atoms with Crippen LogP contribution in [0.3, 0.4) is 0 Å². The maximum absolute atomic E-state index is 2.74. The van der Waals surface area contributed by atoms with Gasteiger partial charge in [0.05, 0.1) is 0 Å². The Morgan fingerprint density at radius 3 is 1.94 bits per heavy atom. The van der Waals surface area contributed by atoms with Gasteiger partial charge in [0.1, 0.15) is 0 Å². The van der Waals surface area contributed by atoms with Crippen LogP contribution in [0.5, 0.6) is 0 Å². The molecule has 0 N–H and O–H groups in total. The van der Waals surface area contributed by atoms with Crippen LogP contribution in [-0.4, -0.2) is 5.43 Å². The Labute approximate surface area is 203 Å². The average molecular weight is 518 g/mol. The maximum atomic E-state index is 2.74. The van der Waals surface area contributed by atoms with Gasteiger partial charge in [-0.1, -0.05) is 0 Å². The van der Waals surface area contributed by atoms with Crippen LogP contribution >= 0.6 is 0 Å². The Kier molecular flexibility index (Phi) is 6.61. The Morgan fingerprint density at radius 1 is 0.812 bits per heavy atom. The topological polar surface area (TPSA) is 0 Å². The van der Waals surface area contributed by atoms with Crippen LogP contribution in [0.1, 0.15) is 70.3 Å². The van der Waals surface area contributed by atoms with Crippen molar-refractivity contribution in [1.29, 1.82) is 0 Å². The molecule has 2 atom stereocenters. The van der Waals surface area contributed by atoms with Gasteiger partial charge in [-0.2, -0.15) is 0 Å². The zero-order valence-electron chi connectivity index (χ0n) is 21.6. The first kappa shape index (κ1) is 23.9. The molecule has 0 bridgehead atoms. The molecule has 0 nitrogen and oxygen atoms in total. The molecule has 0 saturated heterocycles. The minimum atomic E-state index is -1.95. The summed E-state index contributed by atoms with van der Waals surface area (Å²) in [7, 11) is 0. The summed E-state index contributed by atoms with van der Waals surface area (Å²) in [6, 6.07) is 11.7. The van der Waals surface area contributed by atoms with Crippen molar-refractivity contribution in [2.75, 3.05) is 0 Å². The van der Waals surface area contributed by atoms with E-state index in [1.165, 1.54) is 39.0 Å². The fourth-order valence-electron chi connectivity index (χ4n) is 5.98. The van der Waals surface area contributed by atoms with Crippen molar-refractivity contribution < 1.29 is 20.4 Å². The molecule has 0 amide bonds. The summed E-state index contributed by atoms with van der Waals surface area (Å²) in [6.07, 6.45) is 2.74. The van der Waals surface area contributed by atoms with Gasteiger partial charge < -0.3 is 0 Å². The number of fused-ring (bicyclic) bond motifs is 1. The fraction of sp³-hybridized carbons (Fsp3) is 0.400. The summed E-state index contributed by atoms with van der Waals surface area (Å²) in [6.45, 7) is 24.1. The first-order valence-corrected chi connectivity index (χ1v) is 20.8. The fourth-order valence-corrected chi connectivity index (χ4v) is 25.7. The van der Waals surface area contributed by atoms with Crippen LogP contribution in [0.2, 0.25) is 13.1 Å². The second-order valence-corrected chi connectivity index (χ2v) is 27.7. The van der Waals surface area contributed by atoms with Crippen molar-refractivity contribution in [3.05, 3.63) is 95.4 Å². The SMILES string of the molecule is CC1=C(C)C(C)[C]([Zr]([CH]2C=C(c3c(C)c(C)cc(C)c3C)c3ccccc32)=[Si](C)C)=C1C. The number of benzene rings is 2.